The number of ketones is 1. The third-order valence-corrected chi connectivity index (χ3v) is 3.32. The smallest absolute Gasteiger partial charge is 0.161 e. The van der Waals surface area contributed by atoms with Gasteiger partial charge in [-0.2, -0.15) is 5.26 Å². The van der Waals surface area contributed by atoms with Gasteiger partial charge >= 0.3 is 0 Å². The molecule has 19 heavy (non-hydrogen) atoms. The molecule has 0 heterocycles. The Hall–Kier alpha value is -2.34. The number of allylic oxidation sites excluding steroid dienone is 3. The summed E-state index contributed by atoms with van der Waals surface area (Å²) in [6.07, 6.45) is 4.79. The van der Waals surface area contributed by atoms with Crippen LogP contribution in [0.2, 0.25) is 0 Å². The maximum absolute atomic E-state index is 11.8. The standard InChI is InChI=1S/C16H16N2O/c1-3-5-12-8-14(9-15(12)19)18-16-11(2)6-4-7-13(16)10-17/h3-4,6-7,9,12,18H,1,5,8H2,2H3. The van der Waals surface area contributed by atoms with Crippen molar-refractivity contribution in [2.45, 2.75) is 19.8 Å². The molecule has 1 aliphatic rings. The van der Waals surface area contributed by atoms with Gasteiger partial charge < -0.3 is 5.32 Å². The summed E-state index contributed by atoms with van der Waals surface area (Å²) in [6, 6.07) is 7.74. The number of nitriles is 1. The van der Waals surface area contributed by atoms with E-state index in [2.05, 4.69) is 18.0 Å². The van der Waals surface area contributed by atoms with Crippen LogP contribution in [0.25, 0.3) is 0 Å². The molecule has 1 aliphatic carbocycles. The van der Waals surface area contributed by atoms with Crippen LogP contribution in [0.4, 0.5) is 5.69 Å². The molecule has 0 bridgehead atoms. The van der Waals surface area contributed by atoms with Crippen LogP contribution >= 0.6 is 0 Å². The number of hydrogen-bond donors (Lipinski definition) is 1. The molecule has 0 radical (unpaired) electrons. The van der Waals surface area contributed by atoms with Gasteiger partial charge in [0, 0.05) is 17.7 Å². The first kappa shape index (κ1) is 13.1. The summed E-state index contributed by atoms with van der Waals surface area (Å²) in [5.74, 6) is 0.129. The van der Waals surface area contributed by atoms with E-state index >= 15 is 0 Å². The van der Waals surface area contributed by atoms with E-state index in [1.54, 1.807) is 18.2 Å². The molecule has 0 aliphatic heterocycles. The number of nitrogens with one attached hydrogen (secondary N) is 1. The summed E-state index contributed by atoms with van der Waals surface area (Å²) < 4.78 is 0. The van der Waals surface area contributed by atoms with E-state index in [1.165, 1.54) is 0 Å². The molecule has 96 valence electrons. The van der Waals surface area contributed by atoms with Gasteiger partial charge in [0.25, 0.3) is 0 Å². The first-order chi connectivity index (χ1) is 9.15. The molecule has 1 N–H and O–H groups in total. The quantitative estimate of drug-likeness (QED) is 0.836. The minimum Gasteiger partial charge on any atom is -0.357 e. The number of benzene rings is 1. The lowest BCUT2D eigenvalue weighted by atomic mass is 10.0. The Bertz CT molecular complexity index is 593. The van der Waals surface area contributed by atoms with Gasteiger partial charge in [-0.15, -0.1) is 6.58 Å². The molecule has 0 spiro atoms. The van der Waals surface area contributed by atoms with E-state index in [0.717, 1.165) is 16.9 Å². The van der Waals surface area contributed by atoms with E-state index in [0.29, 0.717) is 18.4 Å². The Labute approximate surface area is 113 Å². The Balaban J connectivity index is 2.20. The van der Waals surface area contributed by atoms with Crippen LogP contribution in [0.3, 0.4) is 0 Å². The van der Waals surface area contributed by atoms with Gasteiger partial charge in [-0.3, -0.25) is 4.79 Å². The highest BCUT2D eigenvalue weighted by atomic mass is 16.1. The molecule has 0 fully saturated rings. The van der Waals surface area contributed by atoms with Crippen molar-refractivity contribution < 1.29 is 4.79 Å². The second kappa shape index (κ2) is 5.53. The van der Waals surface area contributed by atoms with E-state index in [4.69, 9.17) is 5.26 Å². The number of aryl methyl sites for hydroxylation is 1. The van der Waals surface area contributed by atoms with Crippen LogP contribution in [0.5, 0.6) is 0 Å². The average Bonchev–Trinajstić information content (AvgIpc) is 2.73. The minimum atomic E-state index is -0.00504. The zero-order valence-corrected chi connectivity index (χ0v) is 10.9. The Morgan fingerprint density at radius 3 is 3.05 bits per heavy atom. The summed E-state index contributed by atoms with van der Waals surface area (Å²) in [7, 11) is 0. The van der Waals surface area contributed by atoms with E-state index in [-0.39, 0.29) is 11.7 Å². The molecule has 1 unspecified atom stereocenters. The van der Waals surface area contributed by atoms with Crippen molar-refractivity contribution in [3.63, 3.8) is 0 Å². The van der Waals surface area contributed by atoms with Crippen molar-refractivity contribution in [1.82, 2.24) is 0 Å². The predicted molar refractivity (Wildman–Crippen MR) is 75.5 cm³/mol. The van der Waals surface area contributed by atoms with E-state index in [1.807, 2.05) is 19.1 Å². The fourth-order valence-corrected chi connectivity index (χ4v) is 2.29. The topological polar surface area (TPSA) is 52.9 Å². The third kappa shape index (κ3) is 2.74. The molecule has 0 aromatic heterocycles. The molecule has 1 atom stereocenters. The van der Waals surface area contributed by atoms with Crippen LogP contribution in [0, 0.1) is 24.2 Å². The van der Waals surface area contributed by atoms with Crippen LogP contribution in [0.1, 0.15) is 24.0 Å². The maximum atomic E-state index is 11.8. The summed E-state index contributed by atoms with van der Waals surface area (Å²) in [6.45, 7) is 5.62. The lowest BCUT2D eigenvalue weighted by Crippen LogP contribution is -2.06. The fraction of sp³-hybridized carbons (Fsp3) is 0.250. The molecule has 1 aromatic carbocycles. The van der Waals surface area contributed by atoms with Crippen molar-refractivity contribution in [2.75, 3.05) is 5.32 Å². The van der Waals surface area contributed by atoms with E-state index in [9.17, 15) is 4.79 Å². The predicted octanol–water partition coefficient (Wildman–Crippen LogP) is 3.33. The third-order valence-electron chi connectivity index (χ3n) is 3.32. The summed E-state index contributed by atoms with van der Waals surface area (Å²) in [5, 5.41) is 12.3. The average molecular weight is 252 g/mol. The zero-order chi connectivity index (χ0) is 13.8. The number of hydrogen-bond acceptors (Lipinski definition) is 3. The molecule has 3 nitrogen and oxygen atoms in total. The van der Waals surface area contributed by atoms with Gasteiger partial charge in [-0.05, 0) is 31.4 Å². The van der Waals surface area contributed by atoms with E-state index < -0.39 is 0 Å². The van der Waals surface area contributed by atoms with Gasteiger partial charge in [0.15, 0.2) is 5.78 Å². The maximum Gasteiger partial charge on any atom is 0.161 e. The van der Waals surface area contributed by atoms with Crippen molar-refractivity contribution in [1.29, 1.82) is 5.26 Å². The number of carbonyl (C=O) groups is 1. The molecule has 0 amide bonds. The van der Waals surface area contributed by atoms with Gasteiger partial charge in [-0.1, -0.05) is 18.2 Å². The van der Waals surface area contributed by atoms with Crippen molar-refractivity contribution in [3.8, 4) is 6.07 Å². The van der Waals surface area contributed by atoms with Gasteiger partial charge in [-0.25, -0.2) is 0 Å². The molecular formula is C16H16N2O. The van der Waals surface area contributed by atoms with Crippen molar-refractivity contribution in [2.24, 2.45) is 5.92 Å². The monoisotopic (exact) mass is 252 g/mol. The van der Waals surface area contributed by atoms with Crippen LogP contribution < -0.4 is 5.32 Å². The van der Waals surface area contributed by atoms with Gasteiger partial charge in [0.1, 0.15) is 6.07 Å². The highest BCUT2D eigenvalue weighted by Crippen LogP contribution is 2.29. The van der Waals surface area contributed by atoms with Crippen molar-refractivity contribution >= 4 is 11.5 Å². The number of rotatable bonds is 4. The fourth-order valence-electron chi connectivity index (χ4n) is 2.29. The number of para-hydroxylation sites is 1. The van der Waals surface area contributed by atoms with Crippen LogP contribution in [-0.2, 0) is 4.79 Å². The van der Waals surface area contributed by atoms with Gasteiger partial charge in [0.05, 0.1) is 11.3 Å². The Kier molecular flexibility index (Phi) is 3.82. The zero-order valence-electron chi connectivity index (χ0n) is 10.9. The molecule has 3 heteroatoms. The van der Waals surface area contributed by atoms with Crippen LogP contribution in [0.15, 0.2) is 42.6 Å². The highest BCUT2D eigenvalue weighted by molar-refractivity contribution is 5.96. The lowest BCUT2D eigenvalue weighted by Gasteiger charge is -2.12. The Morgan fingerprint density at radius 1 is 1.58 bits per heavy atom. The van der Waals surface area contributed by atoms with Gasteiger partial charge in [0.2, 0.25) is 0 Å². The molecular weight excluding hydrogens is 236 g/mol. The number of nitrogens with zero attached hydrogens (tertiary/aromatic N) is 1. The largest absolute Gasteiger partial charge is 0.357 e. The summed E-state index contributed by atoms with van der Waals surface area (Å²) in [4.78, 5) is 11.8. The second-order valence-electron chi connectivity index (χ2n) is 4.73. The summed E-state index contributed by atoms with van der Waals surface area (Å²) in [5.41, 5.74) is 3.27. The highest BCUT2D eigenvalue weighted by Gasteiger charge is 2.24. The molecule has 0 saturated carbocycles. The lowest BCUT2D eigenvalue weighted by molar-refractivity contribution is -0.117. The first-order valence-corrected chi connectivity index (χ1v) is 6.27. The number of anilines is 1. The second-order valence-corrected chi connectivity index (χ2v) is 4.73. The SMILES string of the molecule is C=CCC1CC(Nc2c(C)cccc2C#N)=CC1=O. The first-order valence-electron chi connectivity index (χ1n) is 6.27. The van der Waals surface area contributed by atoms with Crippen molar-refractivity contribution in [3.05, 3.63) is 53.8 Å². The minimum absolute atomic E-state index is 0.00504. The summed E-state index contributed by atoms with van der Waals surface area (Å²) >= 11 is 0. The molecule has 2 rings (SSSR count). The normalized spacial score (nSPS) is 17.8. The van der Waals surface area contributed by atoms with Crippen LogP contribution in [-0.4, -0.2) is 5.78 Å². The molecule has 1 aromatic rings. The number of carbonyl (C=O) groups excluding carboxylic acids is 1. The molecule has 0 saturated heterocycles. The Morgan fingerprint density at radius 2 is 2.37 bits per heavy atom.